The Labute approximate surface area is 109 Å². The lowest BCUT2D eigenvalue weighted by molar-refractivity contribution is -0.145. The molecule has 0 saturated heterocycles. The van der Waals surface area contributed by atoms with Gasteiger partial charge in [0, 0.05) is 13.6 Å². The maximum Gasteiger partial charge on any atom is 0.326 e. The van der Waals surface area contributed by atoms with Crippen molar-refractivity contribution in [2.75, 3.05) is 20.1 Å². The molecule has 4 N–H and O–H groups in total. The monoisotopic (exact) mass is 275 g/mol. The van der Waals surface area contributed by atoms with Crippen LogP contribution in [0, 0.1) is 0 Å². The molecule has 0 aliphatic rings. The van der Waals surface area contributed by atoms with Crippen LogP contribution in [0.25, 0.3) is 0 Å². The highest BCUT2D eigenvalue weighted by atomic mass is 16.4. The summed E-state index contributed by atoms with van der Waals surface area (Å²) in [5.74, 6) is -3.16. The molecule has 0 spiro atoms. The zero-order valence-corrected chi connectivity index (χ0v) is 10.7. The summed E-state index contributed by atoms with van der Waals surface area (Å²) in [4.78, 5) is 45.1. The van der Waals surface area contributed by atoms with Gasteiger partial charge in [0.05, 0.1) is 13.0 Å². The molecule has 1 atom stereocenters. The molecular formula is C10H17N3O6. The van der Waals surface area contributed by atoms with E-state index in [-0.39, 0.29) is 12.5 Å². The number of amides is 3. The number of carboxylic acid groups (broad SMARTS) is 2. The number of nitrogens with zero attached hydrogens (tertiary/aromatic N) is 1. The molecular weight excluding hydrogens is 258 g/mol. The van der Waals surface area contributed by atoms with Gasteiger partial charge in [-0.2, -0.15) is 0 Å². The van der Waals surface area contributed by atoms with Crippen LogP contribution >= 0.6 is 0 Å². The molecule has 0 aromatic heterocycles. The molecule has 0 rings (SSSR count). The van der Waals surface area contributed by atoms with E-state index in [0.29, 0.717) is 6.54 Å². The molecule has 0 heterocycles. The average Bonchev–Trinajstić information content (AvgIpc) is 2.33. The van der Waals surface area contributed by atoms with Crippen molar-refractivity contribution in [3.63, 3.8) is 0 Å². The van der Waals surface area contributed by atoms with Gasteiger partial charge < -0.3 is 25.7 Å². The summed E-state index contributed by atoms with van der Waals surface area (Å²) in [5.41, 5.74) is 0. The summed E-state index contributed by atoms with van der Waals surface area (Å²) in [6.07, 6.45) is -0.744. The lowest BCUT2D eigenvalue weighted by Gasteiger charge is -2.16. The molecule has 3 amide bonds. The Morgan fingerprint density at radius 1 is 1.21 bits per heavy atom. The second kappa shape index (κ2) is 7.90. The number of nitrogens with one attached hydrogen (secondary N) is 2. The van der Waals surface area contributed by atoms with E-state index in [1.54, 1.807) is 14.0 Å². The van der Waals surface area contributed by atoms with Gasteiger partial charge in [0.2, 0.25) is 5.91 Å². The fraction of sp³-hybridized carbons (Fsp3) is 0.600. The Kier molecular flexibility index (Phi) is 6.94. The summed E-state index contributed by atoms with van der Waals surface area (Å²) in [5, 5.41) is 21.3. The minimum Gasteiger partial charge on any atom is -0.481 e. The van der Waals surface area contributed by atoms with Gasteiger partial charge in [-0.25, -0.2) is 9.59 Å². The number of hydrogen-bond donors (Lipinski definition) is 4. The van der Waals surface area contributed by atoms with E-state index >= 15 is 0 Å². The molecule has 19 heavy (non-hydrogen) atoms. The Bertz CT molecular complexity index is 370. The van der Waals surface area contributed by atoms with Gasteiger partial charge in [0.15, 0.2) is 0 Å². The van der Waals surface area contributed by atoms with Crippen molar-refractivity contribution in [3.8, 4) is 0 Å². The van der Waals surface area contributed by atoms with E-state index in [1.165, 1.54) is 4.90 Å². The van der Waals surface area contributed by atoms with Gasteiger partial charge in [0.25, 0.3) is 0 Å². The van der Waals surface area contributed by atoms with Crippen LogP contribution in [0.2, 0.25) is 0 Å². The number of carbonyl (C=O) groups excluding carboxylic acids is 2. The van der Waals surface area contributed by atoms with Crippen molar-refractivity contribution >= 4 is 23.9 Å². The summed E-state index contributed by atoms with van der Waals surface area (Å²) >= 11 is 0. The predicted molar refractivity (Wildman–Crippen MR) is 63.5 cm³/mol. The molecule has 0 unspecified atom stereocenters. The molecule has 9 heteroatoms. The Morgan fingerprint density at radius 2 is 1.79 bits per heavy atom. The average molecular weight is 275 g/mol. The third-order valence-electron chi connectivity index (χ3n) is 2.28. The first-order valence-corrected chi connectivity index (χ1v) is 5.50. The van der Waals surface area contributed by atoms with E-state index in [2.05, 4.69) is 5.32 Å². The van der Waals surface area contributed by atoms with E-state index in [0.717, 1.165) is 0 Å². The van der Waals surface area contributed by atoms with Gasteiger partial charge in [-0.3, -0.25) is 9.59 Å². The molecule has 108 valence electrons. The fourth-order valence-electron chi connectivity index (χ4n) is 1.05. The van der Waals surface area contributed by atoms with Crippen molar-refractivity contribution in [2.45, 2.75) is 19.4 Å². The third kappa shape index (κ3) is 6.86. The molecule has 0 fully saturated rings. The summed E-state index contributed by atoms with van der Waals surface area (Å²) in [7, 11) is 1.55. The van der Waals surface area contributed by atoms with E-state index in [4.69, 9.17) is 10.2 Å². The number of carboxylic acids is 2. The van der Waals surface area contributed by atoms with Crippen molar-refractivity contribution in [3.05, 3.63) is 0 Å². The first kappa shape index (κ1) is 16.7. The Morgan fingerprint density at radius 3 is 2.21 bits per heavy atom. The minimum atomic E-state index is -1.54. The van der Waals surface area contributed by atoms with Crippen LogP contribution in [0.3, 0.4) is 0 Å². The van der Waals surface area contributed by atoms with E-state index in [1.807, 2.05) is 5.32 Å². The molecule has 0 radical (unpaired) electrons. The van der Waals surface area contributed by atoms with Crippen LogP contribution in [0.1, 0.15) is 13.3 Å². The zero-order chi connectivity index (χ0) is 15.0. The number of aliphatic carboxylic acids is 2. The van der Waals surface area contributed by atoms with Gasteiger partial charge in [-0.1, -0.05) is 0 Å². The Balaban J connectivity index is 4.24. The number of carbonyl (C=O) groups is 4. The van der Waals surface area contributed by atoms with Crippen molar-refractivity contribution < 1.29 is 29.4 Å². The lowest BCUT2D eigenvalue weighted by Crippen LogP contribution is -2.49. The fourth-order valence-corrected chi connectivity index (χ4v) is 1.05. The highest BCUT2D eigenvalue weighted by Gasteiger charge is 2.23. The van der Waals surface area contributed by atoms with Gasteiger partial charge in [-0.05, 0) is 6.92 Å². The van der Waals surface area contributed by atoms with Crippen LogP contribution in [0.15, 0.2) is 0 Å². The van der Waals surface area contributed by atoms with Gasteiger partial charge in [-0.15, -0.1) is 0 Å². The number of urea groups is 1. The topological polar surface area (TPSA) is 136 Å². The summed E-state index contributed by atoms with van der Waals surface area (Å²) in [6.45, 7) is 1.93. The maximum atomic E-state index is 11.3. The number of hydrogen-bond acceptors (Lipinski definition) is 4. The van der Waals surface area contributed by atoms with Gasteiger partial charge in [0.1, 0.15) is 6.04 Å². The maximum absolute atomic E-state index is 11.3. The summed E-state index contributed by atoms with van der Waals surface area (Å²) < 4.78 is 0. The smallest absolute Gasteiger partial charge is 0.326 e. The Hall–Kier alpha value is -2.32. The van der Waals surface area contributed by atoms with Crippen molar-refractivity contribution in [2.24, 2.45) is 0 Å². The second-order valence-corrected chi connectivity index (χ2v) is 3.72. The molecule has 0 bridgehead atoms. The van der Waals surface area contributed by atoms with Crippen LogP contribution < -0.4 is 10.6 Å². The van der Waals surface area contributed by atoms with Crippen LogP contribution in [-0.2, 0) is 14.4 Å². The lowest BCUT2D eigenvalue weighted by atomic mass is 10.2. The van der Waals surface area contributed by atoms with Crippen molar-refractivity contribution in [1.29, 1.82) is 0 Å². The molecule has 9 nitrogen and oxygen atoms in total. The van der Waals surface area contributed by atoms with Crippen molar-refractivity contribution in [1.82, 2.24) is 15.5 Å². The molecule has 0 aromatic carbocycles. The van der Waals surface area contributed by atoms with Crippen LogP contribution in [0.4, 0.5) is 4.79 Å². The minimum absolute atomic E-state index is 0.296. The quantitative estimate of drug-likeness (QED) is 0.455. The van der Waals surface area contributed by atoms with E-state index < -0.39 is 30.4 Å². The SMILES string of the molecule is CCN(C)C(=O)CNC(=O)N[C@H](CC(=O)O)C(=O)O. The largest absolute Gasteiger partial charge is 0.481 e. The third-order valence-corrected chi connectivity index (χ3v) is 2.28. The highest BCUT2D eigenvalue weighted by molar-refractivity contribution is 5.88. The first-order chi connectivity index (χ1) is 8.77. The standard InChI is InChI=1S/C10H17N3O6/c1-3-13(2)7(14)5-11-10(19)12-6(9(17)18)4-8(15)16/h6H,3-5H2,1-2H3,(H,15,16)(H,17,18)(H2,11,12,19)/t6-/m1/s1. The van der Waals surface area contributed by atoms with Crippen LogP contribution in [-0.4, -0.2) is 65.2 Å². The molecule has 0 saturated carbocycles. The van der Waals surface area contributed by atoms with Gasteiger partial charge >= 0.3 is 18.0 Å². The zero-order valence-electron chi connectivity index (χ0n) is 10.7. The number of likely N-dealkylation sites (N-methyl/N-ethyl adjacent to an activating group) is 1. The second-order valence-electron chi connectivity index (χ2n) is 3.72. The molecule has 0 aliphatic heterocycles. The number of rotatable bonds is 7. The predicted octanol–water partition coefficient (Wildman–Crippen LogP) is -1.31. The summed E-state index contributed by atoms with van der Waals surface area (Å²) in [6, 6.07) is -2.46. The van der Waals surface area contributed by atoms with Crippen LogP contribution in [0.5, 0.6) is 0 Å². The molecule has 0 aliphatic carbocycles. The highest BCUT2D eigenvalue weighted by Crippen LogP contribution is 1.92. The first-order valence-electron chi connectivity index (χ1n) is 5.50. The van der Waals surface area contributed by atoms with E-state index in [9.17, 15) is 19.2 Å². The molecule has 0 aromatic rings. The normalized spacial score (nSPS) is 11.3.